The highest BCUT2D eigenvalue weighted by atomic mass is 35.5. The third-order valence-corrected chi connectivity index (χ3v) is 3.73. The number of aliphatic imine (C=N–C) groups is 1. The van der Waals surface area contributed by atoms with Gasteiger partial charge >= 0.3 is 0 Å². The van der Waals surface area contributed by atoms with Gasteiger partial charge < -0.3 is 15.4 Å². The van der Waals surface area contributed by atoms with Crippen molar-refractivity contribution in [3.05, 3.63) is 64.2 Å². The first kappa shape index (κ1) is 17.2. The molecule has 0 bridgehead atoms. The first-order valence-corrected chi connectivity index (χ1v) is 7.82. The molecule has 0 spiro atoms. The minimum absolute atomic E-state index is 0.669. The van der Waals surface area contributed by atoms with E-state index in [4.69, 9.17) is 16.3 Å². The topological polar surface area (TPSA) is 45.7 Å². The number of hydrogen-bond donors (Lipinski definition) is 2. The summed E-state index contributed by atoms with van der Waals surface area (Å²) in [6.45, 7) is 3.40. The molecule has 4 nitrogen and oxygen atoms in total. The molecular formula is C18H22ClN3O. The van der Waals surface area contributed by atoms with Crippen LogP contribution in [0.5, 0.6) is 5.75 Å². The van der Waals surface area contributed by atoms with E-state index in [2.05, 4.69) is 21.7 Å². The van der Waals surface area contributed by atoms with Gasteiger partial charge in [0.05, 0.1) is 7.11 Å². The fraction of sp³-hybridized carbons (Fsp3) is 0.278. The number of methoxy groups -OCH3 is 1. The Hall–Kier alpha value is -2.20. The molecule has 0 atom stereocenters. The summed E-state index contributed by atoms with van der Waals surface area (Å²) >= 11 is 5.99. The minimum Gasteiger partial charge on any atom is -0.496 e. The van der Waals surface area contributed by atoms with Crippen molar-refractivity contribution in [3.8, 4) is 5.75 Å². The second-order valence-corrected chi connectivity index (χ2v) is 5.65. The lowest BCUT2D eigenvalue weighted by molar-refractivity contribution is 0.411. The fourth-order valence-corrected chi connectivity index (χ4v) is 2.50. The highest BCUT2D eigenvalue weighted by Crippen LogP contribution is 2.18. The maximum absolute atomic E-state index is 5.99. The Bertz CT molecular complexity index is 686. The van der Waals surface area contributed by atoms with Crippen LogP contribution in [0.15, 0.2) is 47.5 Å². The molecule has 0 aromatic heterocycles. The zero-order valence-corrected chi connectivity index (χ0v) is 14.4. The maximum atomic E-state index is 5.99. The number of ether oxygens (including phenoxy) is 1. The van der Waals surface area contributed by atoms with Crippen LogP contribution < -0.4 is 15.4 Å². The van der Waals surface area contributed by atoms with Crippen LogP contribution in [-0.4, -0.2) is 20.1 Å². The molecular weight excluding hydrogens is 310 g/mol. The molecule has 0 saturated heterocycles. The third kappa shape index (κ3) is 5.18. The van der Waals surface area contributed by atoms with Gasteiger partial charge in [0.15, 0.2) is 5.96 Å². The van der Waals surface area contributed by atoms with Crippen molar-refractivity contribution in [1.82, 2.24) is 10.6 Å². The lowest BCUT2D eigenvalue weighted by atomic mass is 10.1. The van der Waals surface area contributed by atoms with Crippen LogP contribution in [0.25, 0.3) is 0 Å². The van der Waals surface area contributed by atoms with E-state index in [9.17, 15) is 0 Å². The van der Waals surface area contributed by atoms with Crippen LogP contribution in [0.4, 0.5) is 0 Å². The Balaban J connectivity index is 1.89. The second kappa shape index (κ2) is 8.44. The average Bonchev–Trinajstić information content (AvgIpc) is 2.55. The monoisotopic (exact) mass is 331 g/mol. The molecule has 122 valence electrons. The van der Waals surface area contributed by atoms with Gasteiger partial charge in [-0.05, 0) is 41.8 Å². The number of hydrogen-bond acceptors (Lipinski definition) is 2. The van der Waals surface area contributed by atoms with Crippen molar-refractivity contribution >= 4 is 17.6 Å². The Morgan fingerprint density at radius 3 is 2.35 bits per heavy atom. The van der Waals surface area contributed by atoms with Crippen LogP contribution in [0, 0.1) is 6.92 Å². The zero-order chi connectivity index (χ0) is 16.7. The van der Waals surface area contributed by atoms with Crippen LogP contribution in [-0.2, 0) is 13.1 Å². The van der Waals surface area contributed by atoms with Crippen molar-refractivity contribution in [3.63, 3.8) is 0 Å². The summed E-state index contributed by atoms with van der Waals surface area (Å²) < 4.78 is 5.28. The van der Waals surface area contributed by atoms with Gasteiger partial charge in [0.25, 0.3) is 0 Å². The van der Waals surface area contributed by atoms with Crippen LogP contribution in [0.1, 0.15) is 16.7 Å². The van der Waals surface area contributed by atoms with Crippen LogP contribution >= 0.6 is 11.6 Å². The lowest BCUT2D eigenvalue weighted by Gasteiger charge is -2.13. The molecule has 0 radical (unpaired) electrons. The van der Waals surface area contributed by atoms with Gasteiger partial charge in [-0.25, -0.2) is 0 Å². The zero-order valence-electron chi connectivity index (χ0n) is 13.7. The number of guanidine groups is 1. The van der Waals surface area contributed by atoms with Crippen LogP contribution in [0.3, 0.4) is 0 Å². The van der Waals surface area contributed by atoms with Crippen molar-refractivity contribution in [1.29, 1.82) is 0 Å². The molecule has 0 aliphatic carbocycles. The highest BCUT2D eigenvalue weighted by Gasteiger charge is 2.02. The quantitative estimate of drug-likeness (QED) is 0.651. The molecule has 0 aliphatic rings. The summed E-state index contributed by atoms with van der Waals surface area (Å²) in [5.41, 5.74) is 3.41. The molecule has 2 aromatic rings. The summed E-state index contributed by atoms with van der Waals surface area (Å²) in [6.07, 6.45) is 0. The van der Waals surface area contributed by atoms with Crippen molar-refractivity contribution in [2.45, 2.75) is 20.0 Å². The molecule has 0 heterocycles. The van der Waals surface area contributed by atoms with Crippen molar-refractivity contribution in [2.24, 2.45) is 4.99 Å². The summed E-state index contributed by atoms with van der Waals surface area (Å²) in [6, 6.07) is 13.9. The normalized spacial score (nSPS) is 11.2. The van der Waals surface area contributed by atoms with E-state index in [1.807, 2.05) is 43.3 Å². The van der Waals surface area contributed by atoms with E-state index in [1.165, 1.54) is 5.56 Å². The molecule has 0 amide bonds. The van der Waals surface area contributed by atoms with E-state index < -0.39 is 0 Å². The molecule has 2 aromatic carbocycles. The van der Waals surface area contributed by atoms with E-state index in [1.54, 1.807) is 14.2 Å². The first-order valence-electron chi connectivity index (χ1n) is 7.45. The van der Waals surface area contributed by atoms with Gasteiger partial charge in [0.2, 0.25) is 0 Å². The Morgan fingerprint density at radius 2 is 1.78 bits per heavy atom. The summed E-state index contributed by atoms with van der Waals surface area (Å²) in [7, 11) is 3.44. The lowest BCUT2D eigenvalue weighted by Crippen LogP contribution is -2.36. The number of rotatable bonds is 5. The van der Waals surface area contributed by atoms with Gasteiger partial charge in [0.1, 0.15) is 5.75 Å². The predicted molar refractivity (Wildman–Crippen MR) is 96.2 cm³/mol. The minimum atomic E-state index is 0.669. The van der Waals surface area contributed by atoms with Gasteiger partial charge in [-0.1, -0.05) is 35.9 Å². The molecule has 0 unspecified atom stereocenters. The molecule has 0 fully saturated rings. The summed E-state index contributed by atoms with van der Waals surface area (Å²) in [5, 5.41) is 7.31. The Morgan fingerprint density at radius 1 is 1.09 bits per heavy atom. The fourth-order valence-electron chi connectivity index (χ4n) is 2.29. The molecule has 23 heavy (non-hydrogen) atoms. The highest BCUT2D eigenvalue weighted by molar-refractivity contribution is 6.30. The van der Waals surface area contributed by atoms with Crippen molar-refractivity contribution in [2.75, 3.05) is 14.2 Å². The molecule has 0 aliphatic heterocycles. The van der Waals surface area contributed by atoms with E-state index in [0.29, 0.717) is 13.1 Å². The predicted octanol–water partition coefficient (Wildman–Crippen LogP) is 3.52. The summed E-state index contributed by atoms with van der Waals surface area (Å²) in [4.78, 5) is 4.23. The second-order valence-electron chi connectivity index (χ2n) is 5.21. The number of aryl methyl sites for hydroxylation is 1. The van der Waals surface area contributed by atoms with E-state index in [0.717, 1.165) is 27.9 Å². The molecule has 5 heteroatoms. The molecule has 2 rings (SSSR count). The van der Waals surface area contributed by atoms with Gasteiger partial charge in [0, 0.05) is 25.2 Å². The van der Waals surface area contributed by atoms with Gasteiger partial charge in [-0.3, -0.25) is 4.99 Å². The number of benzene rings is 2. The first-order chi connectivity index (χ1) is 11.1. The third-order valence-electron chi connectivity index (χ3n) is 3.49. The SMILES string of the molecule is CN=C(NCc1cccc(Cl)c1)NCc1ccc(OC)c(C)c1. The summed E-state index contributed by atoms with van der Waals surface area (Å²) in [5.74, 6) is 1.65. The van der Waals surface area contributed by atoms with E-state index in [-0.39, 0.29) is 0 Å². The van der Waals surface area contributed by atoms with Gasteiger partial charge in [-0.15, -0.1) is 0 Å². The molecule has 0 saturated carbocycles. The number of nitrogens with zero attached hydrogens (tertiary/aromatic N) is 1. The largest absolute Gasteiger partial charge is 0.496 e. The van der Waals surface area contributed by atoms with Crippen molar-refractivity contribution < 1.29 is 4.74 Å². The average molecular weight is 332 g/mol. The molecule has 2 N–H and O–H groups in total. The smallest absolute Gasteiger partial charge is 0.191 e. The van der Waals surface area contributed by atoms with Gasteiger partial charge in [-0.2, -0.15) is 0 Å². The number of halogens is 1. The Labute approximate surface area is 142 Å². The Kier molecular flexibility index (Phi) is 6.29. The standard InChI is InChI=1S/C18H22ClN3O/c1-13-9-15(7-8-17(13)23-3)12-22-18(20-2)21-11-14-5-4-6-16(19)10-14/h4-10H,11-12H2,1-3H3,(H2,20,21,22). The van der Waals surface area contributed by atoms with E-state index >= 15 is 0 Å². The van der Waals surface area contributed by atoms with Crippen LogP contribution in [0.2, 0.25) is 5.02 Å². The maximum Gasteiger partial charge on any atom is 0.191 e. The number of nitrogens with one attached hydrogen (secondary N) is 2.